The van der Waals surface area contributed by atoms with Gasteiger partial charge >= 0.3 is 0 Å². The van der Waals surface area contributed by atoms with Gasteiger partial charge in [-0.2, -0.15) is 0 Å². The van der Waals surface area contributed by atoms with E-state index in [-0.39, 0.29) is 12.6 Å². The summed E-state index contributed by atoms with van der Waals surface area (Å²) in [5.74, 6) is 0.915. The number of likely N-dealkylation sites (tertiary alicyclic amines) is 1. The fourth-order valence-corrected chi connectivity index (χ4v) is 3.31. The van der Waals surface area contributed by atoms with Crippen molar-refractivity contribution in [3.8, 4) is 0 Å². The topological polar surface area (TPSA) is 49.5 Å². The van der Waals surface area contributed by atoms with Crippen molar-refractivity contribution in [2.45, 2.75) is 50.6 Å². The minimum atomic E-state index is -0.0503. The molecule has 0 aromatic heterocycles. The predicted octanol–water partition coefficient (Wildman–Crippen LogP) is 0.961. The first-order valence-electron chi connectivity index (χ1n) is 6.41. The molecular weight excluding hydrogens is 188 g/mol. The van der Waals surface area contributed by atoms with Gasteiger partial charge in [-0.15, -0.1) is 0 Å². The Morgan fingerprint density at radius 2 is 1.93 bits per heavy atom. The molecule has 15 heavy (non-hydrogen) atoms. The van der Waals surface area contributed by atoms with Crippen LogP contribution in [0.4, 0.5) is 0 Å². The van der Waals surface area contributed by atoms with E-state index in [4.69, 9.17) is 10.8 Å². The predicted molar refractivity (Wildman–Crippen MR) is 61.6 cm³/mol. The van der Waals surface area contributed by atoms with Gasteiger partial charge in [0.25, 0.3) is 0 Å². The van der Waals surface area contributed by atoms with Gasteiger partial charge in [-0.1, -0.05) is 12.8 Å². The van der Waals surface area contributed by atoms with Gasteiger partial charge in [-0.3, -0.25) is 4.90 Å². The summed E-state index contributed by atoms with van der Waals surface area (Å²) >= 11 is 0. The van der Waals surface area contributed by atoms with Crippen LogP contribution < -0.4 is 5.73 Å². The van der Waals surface area contributed by atoms with Gasteiger partial charge in [-0.25, -0.2) is 0 Å². The Morgan fingerprint density at radius 3 is 2.73 bits per heavy atom. The van der Waals surface area contributed by atoms with Crippen molar-refractivity contribution >= 4 is 0 Å². The lowest BCUT2D eigenvalue weighted by molar-refractivity contribution is 0.0506. The van der Waals surface area contributed by atoms with Gasteiger partial charge < -0.3 is 10.8 Å². The van der Waals surface area contributed by atoms with Gasteiger partial charge in [0.05, 0.1) is 6.61 Å². The normalized spacial score (nSPS) is 34.8. The molecule has 1 saturated carbocycles. The van der Waals surface area contributed by atoms with Gasteiger partial charge in [0.2, 0.25) is 0 Å². The van der Waals surface area contributed by atoms with Crippen molar-refractivity contribution in [2.75, 3.05) is 19.7 Å². The van der Waals surface area contributed by atoms with E-state index >= 15 is 0 Å². The van der Waals surface area contributed by atoms with Crippen LogP contribution in [0.1, 0.15) is 38.5 Å². The van der Waals surface area contributed by atoms with E-state index in [1.54, 1.807) is 0 Å². The monoisotopic (exact) mass is 212 g/mol. The average Bonchev–Trinajstić information content (AvgIpc) is 2.29. The van der Waals surface area contributed by atoms with Crippen LogP contribution in [0.3, 0.4) is 0 Å². The molecule has 1 heterocycles. The molecule has 2 fully saturated rings. The zero-order valence-corrected chi connectivity index (χ0v) is 9.57. The number of aliphatic hydroxyl groups is 1. The first-order chi connectivity index (χ1) is 7.31. The summed E-state index contributed by atoms with van der Waals surface area (Å²) < 4.78 is 0. The Labute approximate surface area is 92.6 Å². The molecule has 3 N–H and O–H groups in total. The van der Waals surface area contributed by atoms with E-state index < -0.39 is 0 Å². The minimum absolute atomic E-state index is 0.0503. The van der Waals surface area contributed by atoms with E-state index in [1.165, 1.54) is 45.1 Å². The summed E-state index contributed by atoms with van der Waals surface area (Å²) in [6.45, 7) is 2.19. The molecule has 3 atom stereocenters. The maximum absolute atomic E-state index is 9.01. The van der Waals surface area contributed by atoms with E-state index in [1.807, 2.05) is 0 Å². The summed E-state index contributed by atoms with van der Waals surface area (Å²) in [4.78, 5) is 2.54. The molecule has 0 amide bonds. The van der Waals surface area contributed by atoms with E-state index in [2.05, 4.69) is 4.90 Å². The Balaban J connectivity index is 1.91. The van der Waals surface area contributed by atoms with Crippen molar-refractivity contribution in [3.63, 3.8) is 0 Å². The van der Waals surface area contributed by atoms with E-state index in [0.717, 1.165) is 18.5 Å². The number of hydrogen-bond donors (Lipinski definition) is 2. The highest BCUT2D eigenvalue weighted by molar-refractivity contribution is 4.88. The lowest BCUT2D eigenvalue weighted by atomic mass is 9.78. The molecule has 2 rings (SSSR count). The molecule has 0 aromatic rings. The SMILES string of the molecule is NC(CO)CN1CCCC2CCCCC21. The van der Waals surface area contributed by atoms with Crippen LogP contribution in [-0.4, -0.2) is 41.8 Å². The highest BCUT2D eigenvalue weighted by Gasteiger charge is 2.33. The quantitative estimate of drug-likeness (QED) is 0.732. The van der Waals surface area contributed by atoms with Crippen molar-refractivity contribution in [1.82, 2.24) is 4.90 Å². The van der Waals surface area contributed by atoms with Crippen LogP contribution in [0, 0.1) is 5.92 Å². The molecule has 3 unspecified atom stereocenters. The zero-order chi connectivity index (χ0) is 10.7. The Kier molecular flexibility index (Phi) is 4.00. The molecule has 0 spiro atoms. The fraction of sp³-hybridized carbons (Fsp3) is 1.00. The third-order valence-corrected chi connectivity index (χ3v) is 4.06. The number of hydrogen-bond acceptors (Lipinski definition) is 3. The number of fused-ring (bicyclic) bond motifs is 1. The Morgan fingerprint density at radius 1 is 1.20 bits per heavy atom. The summed E-state index contributed by atoms with van der Waals surface area (Å²) in [7, 11) is 0. The third-order valence-electron chi connectivity index (χ3n) is 4.06. The van der Waals surface area contributed by atoms with Crippen LogP contribution >= 0.6 is 0 Å². The summed E-state index contributed by atoms with van der Waals surface area (Å²) in [6.07, 6.45) is 8.29. The molecule has 3 nitrogen and oxygen atoms in total. The maximum Gasteiger partial charge on any atom is 0.0595 e. The van der Waals surface area contributed by atoms with Gasteiger partial charge in [0, 0.05) is 18.6 Å². The van der Waals surface area contributed by atoms with E-state index in [9.17, 15) is 0 Å². The molecule has 0 radical (unpaired) electrons. The van der Waals surface area contributed by atoms with Gasteiger partial charge in [0.15, 0.2) is 0 Å². The largest absolute Gasteiger partial charge is 0.395 e. The maximum atomic E-state index is 9.01. The van der Waals surface area contributed by atoms with Gasteiger partial charge in [0.1, 0.15) is 0 Å². The lowest BCUT2D eigenvalue weighted by Crippen LogP contribution is -2.51. The Hall–Kier alpha value is -0.120. The molecule has 3 heteroatoms. The number of nitrogens with zero attached hydrogens (tertiary/aromatic N) is 1. The minimum Gasteiger partial charge on any atom is -0.395 e. The van der Waals surface area contributed by atoms with Crippen LogP contribution in [0.15, 0.2) is 0 Å². The first-order valence-corrected chi connectivity index (χ1v) is 6.41. The first kappa shape index (κ1) is 11.4. The van der Waals surface area contributed by atoms with Crippen LogP contribution in [0.2, 0.25) is 0 Å². The van der Waals surface area contributed by atoms with Crippen molar-refractivity contribution in [1.29, 1.82) is 0 Å². The number of rotatable bonds is 3. The highest BCUT2D eigenvalue weighted by Crippen LogP contribution is 2.35. The zero-order valence-electron chi connectivity index (χ0n) is 9.57. The van der Waals surface area contributed by atoms with Crippen molar-refractivity contribution in [2.24, 2.45) is 11.7 Å². The third kappa shape index (κ3) is 2.71. The molecule has 0 aromatic carbocycles. The second kappa shape index (κ2) is 5.28. The Bertz CT molecular complexity index is 196. The second-order valence-corrected chi connectivity index (χ2v) is 5.19. The molecule has 0 bridgehead atoms. The van der Waals surface area contributed by atoms with Crippen LogP contribution in [-0.2, 0) is 0 Å². The number of piperidine rings is 1. The average molecular weight is 212 g/mol. The number of nitrogens with two attached hydrogens (primary N) is 1. The fourth-order valence-electron chi connectivity index (χ4n) is 3.31. The summed E-state index contributed by atoms with van der Waals surface area (Å²) in [5.41, 5.74) is 5.83. The molecule has 1 aliphatic heterocycles. The van der Waals surface area contributed by atoms with E-state index in [0.29, 0.717) is 0 Å². The van der Waals surface area contributed by atoms with Crippen molar-refractivity contribution < 1.29 is 5.11 Å². The standard InChI is InChI=1S/C12H24N2O/c13-11(9-15)8-14-7-3-5-10-4-1-2-6-12(10)14/h10-12,15H,1-9,13H2. The highest BCUT2D eigenvalue weighted by atomic mass is 16.3. The molecule has 1 aliphatic carbocycles. The smallest absolute Gasteiger partial charge is 0.0595 e. The summed E-state index contributed by atoms with van der Waals surface area (Å²) in [6, 6.07) is 0.718. The van der Waals surface area contributed by atoms with Crippen molar-refractivity contribution in [3.05, 3.63) is 0 Å². The molecule has 1 saturated heterocycles. The lowest BCUT2D eigenvalue weighted by Gasteiger charge is -2.44. The van der Waals surface area contributed by atoms with Crippen LogP contribution in [0.5, 0.6) is 0 Å². The van der Waals surface area contributed by atoms with Crippen LogP contribution in [0.25, 0.3) is 0 Å². The second-order valence-electron chi connectivity index (χ2n) is 5.19. The molecule has 2 aliphatic rings. The molecule has 88 valence electrons. The van der Waals surface area contributed by atoms with Gasteiger partial charge in [-0.05, 0) is 38.1 Å². The molecular formula is C12H24N2O. The number of aliphatic hydroxyl groups excluding tert-OH is 1. The summed E-state index contributed by atoms with van der Waals surface area (Å²) in [5, 5.41) is 9.01.